The number of carbonyl (C=O) groups excluding carboxylic acids is 1. The van der Waals surface area contributed by atoms with Crippen molar-refractivity contribution in [2.45, 2.75) is 56.4 Å². The van der Waals surface area contributed by atoms with E-state index in [1.165, 1.54) is 16.4 Å². The van der Waals surface area contributed by atoms with Crippen LogP contribution in [0.3, 0.4) is 0 Å². The van der Waals surface area contributed by atoms with Crippen LogP contribution in [0, 0.1) is 12.8 Å². The molecule has 0 radical (unpaired) electrons. The Morgan fingerprint density at radius 2 is 2.00 bits per heavy atom. The molecule has 8 nitrogen and oxygen atoms in total. The van der Waals surface area contributed by atoms with Gasteiger partial charge in [0.25, 0.3) is 0 Å². The molecule has 1 aliphatic carbocycles. The van der Waals surface area contributed by atoms with E-state index in [4.69, 9.17) is 16.1 Å². The monoisotopic (exact) mass is 452 g/mol. The van der Waals surface area contributed by atoms with Gasteiger partial charge in [0.1, 0.15) is 4.90 Å². The van der Waals surface area contributed by atoms with Gasteiger partial charge in [0.05, 0.1) is 10.9 Å². The Kier molecular flexibility index (Phi) is 6.13. The molecule has 2 heterocycles. The molecule has 0 bridgehead atoms. The number of benzene rings is 1. The van der Waals surface area contributed by atoms with Crippen molar-refractivity contribution < 1.29 is 17.7 Å². The molecule has 1 N–H and O–H groups in total. The number of nitrogens with one attached hydrogen (secondary N) is 1. The molecule has 30 heavy (non-hydrogen) atoms. The molecule has 1 saturated heterocycles. The van der Waals surface area contributed by atoms with Crippen LogP contribution >= 0.6 is 11.6 Å². The summed E-state index contributed by atoms with van der Waals surface area (Å²) in [6.45, 7) is 2.18. The van der Waals surface area contributed by atoms with Gasteiger partial charge in [0, 0.05) is 31.6 Å². The number of carbonyl (C=O) groups is 1. The van der Waals surface area contributed by atoms with Gasteiger partial charge < -0.3 is 9.84 Å². The fourth-order valence-electron chi connectivity index (χ4n) is 4.16. The highest BCUT2D eigenvalue weighted by atomic mass is 35.5. The van der Waals surface area contributed by atoms with Crippen LogP contribution in [-0.4, -0.2) is 47.9 Å². The maximum atomic E-state index is 13.4. The fourth-order valence-corrected chi connectivity index (χ4v) is 6.18. The van der Waals surface area contributed by atoms with E-state index in [0.29, 0.717) is 36.7 Å². The van der Waals surface area contributed by atoms with Crippen LogP contribution in [0.25, 0.3) is 11.4 Å². The number of halogens is 1. The highest BCUT2D eigenvalue weighted by Crippen LogP contribution is 2.31. The molecule has 1 unspecified atom stereocenters. The summed E-state index contributed by atoms with van der Waals surface area (Å²) in [4.78, 5) is 16.8. The topological polar surface area (TPSA) is 105 Å². The van der Waals surface area contributed by atoms with Crippen LogP contribution in [0.2, 0.25) is 5.02 Å². The quantitative estimate of drug-likeness (QED) is 0.746. The normalized spacial score (nSPS) is 21.1. The molecule has 162 valence electrons. The van der Waals surface area contributed by atoms with Gasteiger partial charge in [-0.25, -0.2) is 8.42 Å². The molecule has 10 heteroatoms. The van der Waals surface area contributed by atoms with Crippen molar-refractivity contribution in [1.29, 1.82) is 0 Å². The summed E-state index contributed by atoms with van der Waals surface area (Å²) in [6, 6.07) is 4.85. The van der Waals surface area contributed by atoms with E-state index >= 15 is 0 Å². The molecule has 1 aromatic carbocycles. The molecule has 2 aromatic rings. The van der Waals surface area contributed by atoms with Gasteiger partial charge in [-0.05, 0) is 43.9 Å². The molecule has 1 aliphatic heterocycles. The molecular formula is C20H25ClN4O4S. The first-order valence-electron chi connectivity index (χ1n) is 10.3. The number of hydrogen-bond donors (Lipinski definition) is 1. The minimum Gasteiger partial charge on any atom is -0.353 e. The summed E-state index contributed by atoms with van der Waals surface area (Å²) in [5.41, 5.74) is 0.502. The Labute approximate surface area is 181 Å². The van der Waals surface area contributed by atoms with Crippen molar-refractivity contribution >= 4 is 27.5 Å². The molecular weight excluding hydrogens is 428 g/mol. The van der Waals surface area contributed by atoms with Crippen molar-refractivity contribution in [3.63, 3.8) is 0 Å². The number of piperidine rings is 1. The molecule has 1 aromatic heterocycles. The average molecular weight is 453 g/mol. The minimum atomic E-state index is -3.87. The Morgan fingerprint density at radius 1 is 1.23 bits per heavy atom. The number of rotatable bonds is 5. The molecule has 4 rings (SSSR count). The first kappa shape index (κ1) is 21.3. The first-order chi connectivity index (χ1) is 14.3. The van der Waals surface area contributed by atoms with Crippen LogP contribution < -0.4 is 5.32 Å². The van der Waals surface area contributed by atoms with Crippen molar-refractivity contribution in [2.24, 2.45) is 5.92 Å². The Morgan fingerprint density at radius 3 is 2.70 bits per heavy atom. The lowest BCUT2D eigenvalue weighted by Gasteiger charge is -2.32. The van der Waals surface area contributed by atoms with E-state index in [9.17, 15) is 13.2 Å². The summed E-state index contributed by atoms with van der Waals surface area (Å²) in [7, 11) is -3.87. The molecule has 1 atom stereocenters. The highest BCUT2D eigenvalue weighted by molar-refractivity contribution is 7.89. The van der Waals surface area contributed by atoms with Crippen molar-refractivity contribution in [2.75, 3.05) is 13.1 Å². The number of aromatic nitrogens is 2. The van der Waals surface area contributed by atoms with Crippen LogP contribution in [0.15, 0.2) is 27.6 Å². The van der Waals surface area contributed by atoms with E-state index < -0.39 is 10.0 Å². The zero-order chi connectivity index (χ0) is 21.3. The van der Waals surface area contributed by atoms with Gasteiger partial charge in [0.2, 0.25) is 27.6 Å². The lowest BCUT2D eigenvalue weighted by molar-refractivity contribution is -0.126. The fraction of sp³-hybridized carbons (Fsp3) is 0.550. The highest BCUT2D eigenvalue weighted by Gasteiger charge is 2.35. The molecule has 0 spiro atoms. The van der Waals surface area contributed by atoms with Crippen LogP contribution in [-0.2, 0) is 14.8 Å². The second-order valence-corrected chi connectivity index (χ2v) is 10.3. The Balaban J connectivity index is 1.54. The third-order valence-electron chi connectivity index (χ3n) is 5.79. The number of amides is 1. The lowest BCUT2D eigenvalue weighted by atomic mass is 9.98. The summed E-state index contributed by atoms with van der Waals surface area (Å²) >= 11 is 6.26. The van der Waals surface area contributed by atoms with Crippen molar-refractivity contribution in [3.05, 3.63) is 29.1 Å². The summed E-state index contributed by atoms with van der Waals surface area (Å²) in [5.74, 6) is 0.282. The number of nitrogens with zero attached hydrogens (tertiary/aromatic N) is 3. The third kappa shape index (κ3) is 4.38. The van der Waals surface area contributed by atoms with Crippen molar-refractivity contribution in [3.8, 4) is 11.4 Å². The second kappa shape index (κ2) is 8.64. The second-order valence-electron chi connectivity index (χ2n) is 7.97. The van der Waals surface area contributed by atoms with Gasteiger partial charge in [-0.1, -0.05) is 29.6 Å². The van der Waals surface area contributed by atoms with E-state index in [1.54, 1.807) is 13.0 Å². The van der Waals surface area contributed by atoms with Crippen molar-refractivity contribution in [1.82, 2.24) is 19.8 Å². The average Bonchev–Trinajstić information content (AvgIpc) is 3.40. The smallest absolute Gasteiger partial charge is 0.244 e. The van der Waals surface area contributed by atoms with Crippen LogP contribution in [0.5, 0.6) is 0 Å². The zero-order valence-electron chi connectivity index (χ0n) is 16.8. The van der Waals surface area contributed by atoms with Gasteiger partial charge in [0.15, 0.2) is 0 Å². The summed E-state index contributed by atoms with van der Waals surface area (Å²) in [6.07, 6.45) is 5.57. The Hall–Kier alpha value is -1.97. The molecule has 1 saturated carbocycles. The lowest BCUT2D eigenvalue weighted by Crippen LogP contribution is -2.47. The Bertz CT molecular complexity index is 1030. The maximum Gasteiger partial charge on any atom is 0.244 e. The minimum absolute atomic E-state index is 0.0130. The standard InChI is InChI=1S/C20H25ClN4O4S/c1-13-22-19(24-29-13)14-8-9-17(21)18(11-14)30(27,28)25-10-4-5-15(12-25)20(26)23-16-6-2-3-7-16/h8-9,11,15-16H,2-7,10,12H2,1H3,(H,23,26). The number of aryl methyl sites for hydroxylation is 1. The van der Waals surface area contributed by atoms with E-state index in [0.717, 1.165) is 25.7 Å². The number of hydrogen-bond acceptors (Lipinski definition) is 6. The summed E-state index contributed by atoms with van der Waals surface area (Å²) in [5, 5.41) is 7.06. The first-order valence-corrected chi connectivity index (χ1v) is 12.1. The van der Waals surface area contributed by atoms with E-state index in [-0.39, 0.29) is 34.3 Å². The zero-order valence-corrected chi connectivity index (χ0v) is 18.4. The van der Waals surface area contributed by atoms with Gasteiger partial charge in [-0.2, -0.15) is 9.29 Å². The predicted octanol–water partition coefficient (Wildman–Crippen LogP) is 3.16. The SMILES string of the molecule is Cc1nc(-c2ccc(Cl)c(S(=O)(=O)N3CCCC(C(=O)NC4CCCC4)C3)c2)no1. The van der Waals surface area contributed by atoms with Crippen LogP contribution in [0.4, 0.5) is 0 Å². The van der Waals surface area contributed by atoms with Gasteiger partial charge >= 0.3 is 0 Å². The van der Waals surface area contributed by atoms with Gasteiger partial charge in [-0.3, -0.25) is 4.79 Å². The largest absolute Gasteiger partial charge is 0.353 e. The molecule has 1 amide bonds. The van der Waals surface area contributed by atoms with E-state index in [2.05, 4.69) is 15.5 Å². The van der Waals surface area contributed by atoms with Crippen LogP contribution in [0.1, 0.15) is 44.4 Å². The summed E-state index contributed by atoms with van der Waals surface area (Å²) < 4.78 is 33.1. The maximum absolute atomic E-state index is 13.4. The van der Waals surface area contributed by atoms with Gasteiger partial charge in [-0.15, -0.1) is 0 Å². The number of sulfonamides is 1. The van der Waals surface area contributed by atoms with E-state index in [1.807, 2.05) is 0 Å². The molecule has 2 aliphatic rings. The third-order valence-corrected chi connectivity index (χ3v) is 8.14. The predicted molar refractivity (Wildman–Crippen MR) is 111 cm³/mol. The molecule has 2 fully saturated rings.